The lowest BCUT2D eigenvalue weighted by molar-refractivity contribution is 0.300. The van der Waals surface area contributed by atoms with Gasteiger partial charge in [-0.15, -0.1) is 0 Å². The van der Waals surface area contributed by atoms with Crippen LogP contribution >= 0.6 is 0 Å². The van der Waals surface area contributed by atoms with Gasteiger partial charge in [-0.1, -0.05) is 19.9 Å². The van der Waals surface area contributed by atoms with Crippen LogP contribution in [0, 0.1) is 5.92 Å². The SMILES string of the molecule is CCOc1cc(CNCCC(C)C)ccc1N(CC)CCO. The third-order valence-corrected chi connectivity index (χ3v) is 3.64. The summed E-state index contributed by atoms with van der Waals surface area (Å²) in [5, 5.41) is 12.7. The van der Waals surface area contributed by atoms with E-state index in [4.69, 9.17) is 4.74 Å². The van der Waals surface area contributed by atoms with Crippen LogP contribution in [0.25, 0.3) is 0 Å². The summed E-state index contributed by atoms with van der Waals surface area (Å²) in [4.78, 5) is 2.14. The van der Waals surface area contributed by atoms with Crippen molar-refractivity contribution in [1.82, 2.24) is 5.32 Å². The molecule has 0 bridgehead atoms. The van der Waals surface area contributed by atoms with Crippen molar-refractivity contribution in [2.45, 2.75) is 40.7 Å². The van der Waals surface area contributed by atoms with Gasteiger partial charge in [-0.05, 0) is 50.4 Å². The van der Waals surface area contributed by atoms with Crippen LogP contribution in [0.2, 0.25) is 0 Å². The van der Waals surface area contributed by atoms with Gasteiger partial charge in [-0.3, -0.25) is 0 Å². The number of rotatable bonds is 11. The molecular formula is C18H32N2O2. The molecule has 0 aliphatic carbocycles. The zero-order chi connectivity index (χ0) is 16.4. The molecule has 126 valence electrons. The molecule has 0 saturated carbocycles. The van der Waals surface area contributed by atoms with Gasteiger partial charge in [0.2, 0.25) is 0 Å². The zero-order valence-electron chi connectivity index (χ0n) is 14.6. The van der Waals surface area contributed by atoms with Gasteiger partial charge < -0.3 is 20.1 Å². The van der Waals surface area contributed by atoms with Gasteiger partial charge in [0.25, 0.3) is 0 Å². The van der Waals surface area contributed by atoms with E-state index in [-0.39, 0.29) is 6.61 Å². The van der Waals surface area contributed by atoms with E-state index in [2.05, 4.69) is 49.2 Å². The summed E-state index contributed by atoms with van der Waals surface area (Å²) in [7, 11) is 0. The maximum Gasteiger partial charge on any atom is 0.142 e. The number of hydrogen-bond donors (Lipinski definition) is 2. The summed E-state index contributed by atoms with van der Waals surface area (Å²) < 4.78 is 5.80. The molecule has 2 N–H and O–H groups in total. The number of aliphatic hydroxyl groups is 1. The molecule has 0 unspecified atom stereocenters. The third-order valence-electron chi connectivity index (χ3n) is 3.64. The Morgan fingerprint density at radius 3 is 2.64 bits per heavy atom. The van der Waals surface area contributed by atoms with Crippen LogP contribution in [0.5, 0.6) is 5.75 Å². The van der Waals surface area contributed by atoms with Gasteiger partial charge in [-0.2, -0.15) is 0 Å². The van der Waals surface area contributed by atoms with Gasteiger partial charge in [0, 0.05) is 19.6 Å². The number of nitrogens with zero attached hydrogens (tertiary/aromatic N) is 1. The fourth-order valence-electron chi connectivity index (χ4n) is 2.39. The standard InChI is InChI=1S/C18H32N2O2/c1-5-20(11-12-21)17-8-7-16(13-18(17)22-6-2)14-19-10-9-15(3)4/h7-8,13,15,19,21H,5-6,9-12,14H2,1-4H3. The Morgan fingerprint density at radius 1 is 1.27 bits per heavy atom. The number of hydrogen-bond acceptors (Lipinski definition) is 4. The number of nitrogens with one attached hydrogen (secondary N) is 1. The predicted molar refractivity (Wildman–Crippen MR) is 93.7 cm³/mol. The summed E-state index contributed by atoms with van der Waals surface area (Å²) >= 11 is 0. The Morgan fingerprint density at radius 2 is 2.05 bits per heavy atom. The van der Waals surface area contributed by atoms with Crippen LogP contribution < -0.4 is 15.0 Å². The molecule has 0 heterocycles. The van der Waals surface area contributed by atoms with Crippen molar-refractivity contribution in [2.24, 2.45) is 5.92 Å². The van der Waals surface area contributed by atoms with Crippen LogP contribution in [0.3, 0.4) is 0 Å². The second-order valence-electron chi connectivity index (χ2n) is 5.90. The average molecular weight is 308 g/mol. The second kappa shape index (κ2) is 10.5. The first kappa shape index (κ1) is 18.8. The van der Waals surface area contributed by atoms with E-state index in [9.17, 15) is 5.11 Å². The number of benzene rings is 1. The molecule has 1 aromatic carbocycles. The molecule has 0 atom stereocenters. The molecular weight excluding hydrogens is 276 g/mol. The van der Waals surface area contributed by atoms with Gasteiger partial charge >= 0.3 is 0 Å². The Bertz CT molecular complexity index is 422. The molecule has 0 radical (unpaired) electrons. The summed E-state index contributed by atoms with van der Waals surface area (Å²) in [5.74, 6) is 1.63. The minimum Gasteiger partial charge on any atom is -0.492 e. The van der Waals surface area contributed by atoms with E-state index in [1.54, 1.807) is 0 Å². The normalized spacial score (nSPS) is 11.0. The summed E-state index contributed by atoms with van der Waals surface area (Å²) in [5.41, 5.74) is 2.29. The van der Waals surface area contributed by atoms with Gasteiger partial charge in [0.05, 0.1) is 18.9 Å². The molecule has 1 rings (SSSR count). The first-order chi connectivity index (χ1) is 10.6. The molecule has 1 aromatic rings. The van der Waals surface area contributed by atoms with Crippen LogP contribution in [-0.4, -0.2) is 38.0 Å². The van der Waals surface area contributed by atoms with E-state index in [1.165, 1.54) is 12.0 Å². The molecule has 0 fully saturated rings. The lowest BCUT2D eigenvalue weighted by atomic mass is 10.1. The minimum absolute atomic E-state index is 0.151. The van der Waals surface area contributed by atoms with Gasteiger partial charge in [-0.25, -0.2) is 0 Å². The van der Waals surface area contributed by atoms with Gasteiger partial charge in [0.15, 0.2) is 0 Å². The largest absolute Gasteiger partial charge is 0.492 e. The van der Waals surface area contributed by atoms with E-state index in [0.717, 1.165) is 37.0 Å². The van der Waals surface area contributed by atoms with E-state index >= 15 is 0 Å². The summed E-state index contributed by atoms with van der Waals surface area (Å²) in [6.45, 7) is 12.7. The van der Waals surface area contributed by atoms with Crippen LogP contribution in [0.15, 0.2) is 18.2 Å². The first-order valence-electron chi connectivity index (χ1n) is 8.44. The fourth-order valence-corrected chi connectivity index (χ4v) is 2.39. The molecule has 0 amide bonds. The average Bonchev–Trinajstić information content (AvgIpc) is 2.50. The van der Waals surface area contributed by atoms with Crippen molar-refractivity contribution >= 4 is 5.69 Å². The summed E-state index contributed by atoms with van der Waals surface area (Å²) in [6.07, 6.45) is 1.19. The highest BCUT2D eigenvalue weighted by atomic mass is 16.5. The molecule has 0 saturated heterocycles. The smallest absolute Gasteiger partial charge is 0.142 e. The lowest BCUT2D eigenvalue weighted by Gasteiger charge is -2.25. The Labute approximate surface area is 135 Å². The number of anilines is 1. The fraction of sp³-hybridized carbons (Fsp3) is 0.667. The van der Waals surface area contributed by atoms with Crippen molar-refractivity contribution in [2.75, 3.05) is 37.7 Å². The molecule has 0 spiro atoms. The molecule has 0 aromatic heterocycles. The maximum absolute atomic E-state index is 9.20. The number of aliphatic hydroxyl groups excluding tert-OH is 1. The molecule has 4 nitrogen and oxygen atoms in total. The van der Waals surface area contributed by atoms with Crippen molar-refractivity contribution < 1.29 is 9.84 Å². The Hall–Kier alpha value is -1.26. The van der Waals surface area contributed by atoms with E-state index in [0.29, 0.717) is 13.2 Å². The van der Waals surface area contributed by atoms with Gasteiger partial charge in [0.1, 0.15) is 5.75 Å². The van der Waals surface area contributed by atoms with Crippen LogP contribution in [0.4, 0.5) is 5.69 Å². The Balaban J connectivity index is 2.75. The molecule has 0 aliphatic heterocycles. The van der Waals surface area contributed by atoms with E-state index in [1.807, 2.05) is 6.92 Å². The van der Waals surface area contributed by atoms with Crippen molar-refractivity contribution in [3.05, 3.63) is 23.8 Å². The predicted octanol–water partition coefficient (Wildman–Crippen LogP) is 3.04. The first-order valence-corrected chi connectivity index (χ1v) is 8.44. The van der Waals surface area contributed by atoms with Crippen LogP contribution in [-0.2, 0) is 6.54 Å². The topological polar surface area (TPSA) is 44.7 Å². The lowest BCUT2D eigenvalue weighted by Crippen LogP contribution is -2.26. The maximum atomic E-state index is 9.20. The highest BCUT2D eigenvalue weighted by Crippen LogP contribution is 2.29. The van der Waals surface area contributed by atoms with Crippen LogP contribution in [0.1, 0.15) is 39.7 Å². The zero-order valence-corrected chi connectivity index (χ0v) is 14.6. The van der Waals surface area contributed by atoms with Crippen molar-refractivity contribution in [3.8, 4) is 5.75 Å². The van der Waals surface area contributed by atoms with E-state index < -0.39 is 0 Å². The monoisotopic (exact) mass is 308 g/mol. The molecule has 0 aliphatic rings. The summed E-state index contributed by atoms with van der Waals surface area (Å²) in [6, 6.07) is 6.35. The van der Waals surface area contributed by atoms with Crippen molar-refractivity contribution in [3.63, 3.8) is 0 Å². The highest BCUT2D eigenvalue weighted by molar-refractivity contribution is 5.59. The third kappa shape index (κ3) is 6.24. The number of ether oxygens (including phenoxy) is 1. The Kier molecular flexibility index (Phi) is 8.94. The second-order valence-corrected chi connectivity index (χ2v) is 5.90. The highest BCUT2D eigenvalue weighted by Gasteiger charge is 2.11. The quantitative estimate of drug-likeness (QED) is 0.617. The molecule has 22 heavy (non-hydrogen) atoms. The minimum atomic E-state index is 0.151. The molecule has 4 heteroatoms. The number of likely N-dealkylation sites (N-methyl/N-ethyl adjacent to an activating group) is 1. The van der Waals surface area contributed by atoms with Crippen molar-refractivity contribution in [1.29, 1.82) is 0 Å².